The molecule has 0 amide bonds. The second kappa shape index (κ2) is 26.1. The fourth-order valence-electron chi connectivity index (χ4n) is 6.32. The van der Waals surface area contributed by atoms with Gasteiger partial charge in [0, 0.05) is 106 Å². The van der Waals surface area contributed by atoms with Gasteiger partial charge < -0.3 is 58.8 Å². The van der Waals surface area contributed by atoms with Crippen LogP contribution in [0.15, 0.2) is 0 Å². The van der Waals surface area contributed by atoms with E-state index in [1.807, 2.05) is 41.5 Å². The minimum Gasteiger partial charge on any atom is -0.377 e. The Labute approximate surface area is 297 Å². The third kappa shape index (κ3) is 14.0. The van der Waals surface area contributed by atoms with Gasteiger partial charge in [-0.15, -0.1) is 0 Å². The Kier molecular flexibility index (Phi) is 26.3. The van der Waals surface area contributed by atoms with Crippen LogP contribution in [-0.2, 0) is 53.1 Å². The van der Waals surface area contributed by atoms with E-state index in [1.54, 1.807) is 42.7 Å². The van der Waals surface area contributed by atoms with Crippen molar-refractivity contribution in [3.63, 3.8) is 0 Å². The molecule has 0 aliphatic rings. The highest BCUT2D eigenvalue weighted by Gasteiger charge is 2.65. The largest absolute Gasteiger partial charge is 0.508 e. The van der Waals surface area contributed by atoms with E-state index < -0.39 is 40.4 Å². The Hall–Kier alpha value is 0.308. The molecule has 14 nitrogen and oxygen atoms in total. The zero-order chi connectivity index (χ0) is 36.7. The van der Waals surface area contributed by atoms with Crippen LogP contribution >= 0.6 is 0 Å². The zero-order valence-corrected chi connectivity index (χ0v) is 36.6. The van der Waals surface area contributed by atoms with Crippen molar-refractivity contribution in [3.8, 4) is 0 Å². The van der Waals surface area contributed by atoms with Gasteiger partial charge in [0.2, 0.25) is 0 Å². The number of nitrogens with two attached hydrogens (primary N) is 1. The minimum absolute atomic E-state index is 0.147. The van der Waals surface area contributed by atoms with Crippen LogP contribution < -0.4 is 5.73 Å². The molecule has 18 heteroatoms. The zero-order valence-electron chi connectivity index (χ0n) is 32.6. The van der Waals surface area contributed by atoms with Crippen LogP contribution in [0.1, 0.15) is 74.1 Å². The standard InChI is InChI=1S/C30H72N2O12Si4/c1-14-28(31)29(27-30(47(36-11,37-12)38-13)48(42-18-5,43-19-6)44-20-7)32(23-21-25-45(33-8,34-9)35-10)24-22-26-46(39-15-2,40-16-3)41-17-4/h28-30H,14-27,31H2,1-13H3. The summed E-state index contributed by atoms with van der Waals surface area (Å²) in [5, 5.41) is -0.455. The molecule has 0 aliphatic carbocycles. The number of hydrogen-bond acceptors (Lipinski definition) is 14. The lowest BCUT2D eigenvalue weighted by Crippen LogP contribution is -2.65. The molecule has 0 aromatic heterocycles. The summed E-state index contributed by atoms with van der Waals surface area (Å²) in [4.78, 5) is 2.44. The Morgan fingerprint density at radius 2 is 0.875 bits per heavy atom. The van der Waals surface area contributed by atoms with E-state index >= 15 is 0 Å². The molecular weight excluding hydrogens is 693 g/mol. The Morgan fingerprint density at radius 3 is 1.19 bits per heavy atom. The van der Waals surface area contributed by atoms with Crippen LogP contribution in [0, 0.1) is 0 Å². The molecule has 3 atom stereocenters. The molecule has 0 aromatic rings. The average molecular weight is 765 g/mol. The fourth-order valence-corrected chi connectivity index (χ4v) is 18.6. The van der Waals surface area contributed by atoms with Gasteiger partial charge in [-0.3, -0.25) is 4.90 Å². The molecule has 0 aromatic carbocycles. The number of hydrogen-bond donors (Lipinski definition) is 1. The topological polar surface area (TPSA) is 140 Å². The molecule has 2 N–H and O–H groups in total. The van der Waals surface area contributed by atoms with E-state index in [2.05, 4.69) is 11.8 Å². The first-order chi connectivity index (χ1) is 23.0. The van der Waals surface area contributed by atoms with E-state index in [4.69, 9.17) is 58.8 Å². The first-order valence-corrected chi connectivity index (χ1v) is 25.1. The van der Waals surface area contributed by atoms with Crippen LogP contribution in [0.25, 0.3) is 0 Å². The summed E-state index contributed by atoms with van der Waals surface area (Å²) in [6.07, 6.45) is 2.79. The van der Waals surface area contributed by atoms with E-state index in [9.17, 15) is 0 Å². The van der Waals surface area contributed by atoms with Gasteiger partial charge in [0.25, 0.3) is 0 Å². The second-order valence-electron chi connectivity index (χ2n) is 11.1. The third-order valence-corrected chi connectivity index (χ3v) is 22.6. The van der Waals surface area contributed by atoms with Gasteiger partial charge in [-0.1, -0.05) is 6.92 Å². The SMILES string of the molecule is CCO[Si](CCCN(CCC[Si](OC)(OC)OC)C(CC([Si](OC)(OC)OC)[Si](OCC)(OCC)OCC)C(N)CC)(OCC)OCC. The molecule has 290 valence electrons. The molecule has 0 rings (SSSR count). The van der Waals surface area contributed by atoms with Gasteiger partial charge in [0.15, 0.2) is 0 Å². The lowest BCUT2D eigenvalue weighted by molar-refractivity contribution is 0.0398. The summed E-state index contributed by atoms with van der Waals surface area (Å²) in [5.74, 6) is 0. The number of nitrogens with zero attached hydrogens (tertiary/aromatic N) is 1. The predicted octanol–water partition coefficient (Wildman–Crippen LogP) is 4.33. The van der Waals surface area contributed by atoms with E-state index in [1.165, 1.54) is 0 Å². The summed E-state index contributed by atoms with van der Waals surface area (Å²) in [6.45, 7) is 18.0. The summed E-state index contributed by atoms with van der Waals surface area (Å²) in [7, 11) is -2.81. The molecule has 0 spiro atoms. The lowest BCUT2D eigenvalue weighted by Gasteiger charge is -2.45. The first-order valence-electron chi connectivity index (χ1n) is 17.6. The Morgan fingerprint density at radius 1 is 0.500 bits per heavy atom. The monoisotopic (exact) mass is 764 g/mol. The fraction of sp³-hybridized carbons (Fsp3) is 1.00. The van der Waals surface area contributed by atoms with E-state index in [0.717, 1.165) is 19.3 Å². The smallest absolute Gasteiger partial charge is 0.377 e. The van der Waals surface area contributed by atoms with Crippen LogP contribution in [0.2, 0.25) is 17.3 Å². The predicted molar refractivity (Wildman–Crippen MR) is 196 cm³/mol. The van der Waals surface area contributed by atoms with E-state index in [-0.39, 0.29) is 12.1 Å². The lowest BCUT2D eigenvalue weighted by atomic mass is 10.0. The average Bonchev–Trinajstić information content (AvgIpc) is 3.09. The first kappa shape index (κ1) is 48.3. The van der Waals surface area contributed by atoms with Crippen LogP contribution in [0.5, 0.6) is 0 Å². The molecule has 48 heavy (non-hydrogen) atoms. The molecule has 0 saturated heterocycles. The normalized spacial score (nSPS) is 15.3. The van der Waals surface area contributed by atoms with Crippen LogP contribution in [0.4, 0.5) is 0 Å². The van der Waals surface area contributed by atoms with E-state index in [0.29, 0.717) is 71.2 Å². The third-order valence-electron chi connectivity index (χ3n) is 8.54. The maximum absolute atomic E-state index is 7.05. The highest BCUT2D eigenvalue weighted by atomic mass is 28.5. The molecule has 0 radical (unpaired) electrons. The molecule has 0 fully saturated rings. The molecule has 0 bridgehead atoms. The molecule has 0 heterocycles. The van der Waals surface area contributed by atoms with Crippen molar-refractivity contribution >= 4 is 35.2 Å². The van der Waals surface area contributed by atoms with Crippen molar-refractivity contribution in [2.45, 2.75) is 103 Å². The van der Waals surface area contributed by atoms with Gasteiger partial charge in [-0.25, -0.2) is 0 Å². The molecule has 3 unspecified atom stereocenters. The summed E-state index contributed by atoms with van der Waals surface area (Å²) < 4.78 is 73.8. The maximum Gasteiger partial charge on any atom is 0.508 e. The molecular formula is C30H72N2O12Si4. The van der Waals surface area contributed by atoms with Crippen molar-refractivity contribution in [1.82, 2.24) is 4.90 Å². The highest BCUT2D eigenvalue weighted by molar-refractivity contribution is 6.82. The quantitative estimate of drug-likeness (QED) is 0.0949. The number of rotatable bonds is 33. The van der Waals surface area contributed by atoms with Crippen LogP contribution in [0.3, 0.4) is 0 Å². The summed E-state index contributed by atoms with van der Waals surface area (Å²) in [5.41, 5.74) is 7.05. The van der Waals surface area contributed by atoms with Crippen LogP contribution in [-0.4, -0.2) is 148 Å². The van der Waals surface area contributed by atoms with Crippen molar-refractivity contribution in [3.05, 3.63) is 0 Å². The highest BCUT2D eigenvalue weighted by Crippen LogP contribution is 2.41. The van der Waals surface area contributed by atoms with Gasteiger partial charge in [0.05, 0.1) is 0 Å². The summed E-state index contributed by atoms with van der Waals surface area (Å²) >= 11 is 0. The molecule has 0 aliphatic heterocycles. The van der Waals surface area contributed by atoms with Gasteiger partial charge in [-0.2, -0.15) is 0 Å². The van der Waals surface area contributed by atoms with Gasteiger partial charge in [-0.05, 0) is 80.3 Å². The van der Waals surface area contributed by atoms with Gasteiger partial charge in [0.1, 0.15) is 5.16 Å². The minimum atomic E-state index is -3.46. The van der Waals surface area contributed by atoms with Crippen molar-refractivity contribution in [2.75, 3.05) is 95.4 Å². The van der Waals surface area contributed by atoms with Crippen molar-refractivity contribution in [1.29, 1.82) is 0 Å². The summed E-state index contributed by atoms with van der Waals surface area (Å²) in [6, 6.07) is 0.962. The second-order valence-corrected chi connectivity index (χ2v) is 23.4. The van der Waals surface area contributed by atoms with Crippen molar-refractivity contribution < 1.29 is 53.1 Å². The van der Waals surface area contributed by atoms with Crippen molar-refractivity contribution in [2.24, 2.45) is 5.73 Å². The maximum atomic E-state index is 7.05. The Bertz CT molecular complexity index is 740. The molecule has 0 saturated carbocycles. The van der Waals surface area contributed by atoms with Gasteiger partial charge >= 0.3 is 35.2 Å². The Balaban J connectivity index is 7.07.